The van der Waals surface area contributed by atoms with Crippen LogP contribution in [0.1, 0.15) is 6.92 Å². The number of carbonyl (C=O) groups excluding carboxylic acids is 1. The van der Waals surface area contributed by atoms with Crippen molar-refractivity contribution in [3.05, 3.63) is 30.9 Å². The third-order valence-corrected chi connectivity index (χ3v) is 4.22. The summed E-state index contributed by atoms with van der Waals surface area (Å²) in [5.41, 5.74) is 2.06. The molecule has 0 fully saturated rings. The molecule has 14 heteroatoms. The largest absolute Gasteiger partial charge is 0.441 e. The number of fused-ring (bicyclic) bond motifs is 1. The standard InChI is InChI=1S/C17H15F3N10O/c1-8(16(31)23-6-17(18,19)20)25-13-3-9(14-27-29-30-28-14)2-12(26-13)10-5-22-15-11(10)4-21-7-24-15/h2-5,7-8H,6H2,1H3,(H4,21,22,23,24,25,26,27,28,29,30,31)/p-1/t8-/m0/s1. The number of anilines is 1. The zero-order chi connectivity index (χ0) is 22.0. The molecule has 160 valence electrons. The number of nitrogens with one attached hydrogen (secondary N) is 3. The number of H-pyrrole nitrogens is 1. The predicted molar refractivity (Wildman–Crippen MR) is 101 cm³/mol. The zero-order valence-electron chi connectivity index (χ0n) is 15.8. The van der Waals surface area contributed by atoms with Crippen LogP contribution >= 0.6 is 0 Å². The second-order valence-corrected chi connectivity index (χ2v) is 6.49. The van der Waals surface area contributed by atoms with E-state index in [1.807, 2.05) is 5.32 Å². The highest BCUT2D eigenvalue weighted by Crippen LogP contribution is 2.30. The van der Waals surface area contributed by atoms with Crippen molar-refractivity contribution in [1.82, 2.24) is 45.9 Å². The minimum Gasteiger partial charge on any atom is -0.441 e. The molecule has 3 N–H and O–H groups in total. The number of hydrogen-bond acceptors (Lipinski definition) is 8. The van der Waals surface area contributed by atoms with Gasteiger partial charge in [0.05, 0.1) is 5.69 Å². The lowest BCUT2D eigenvalue weighted by molar-refractivity contribution is -0.138. The van der Waals surface area contributed by atoms with Gasteiger partial charge < -0.3 is 20.6 Å². The van der Waals surface area contributed by atoms with Crippen molar-refractivity contribution < 1.29 is 18.0 Å². The highest BCUT2D eigenvalue weighted by atomic mass is 19.4. The molecule has 0 unspecified atom stereocenters. The molecule has 11 nitrogen and oxygen atoms in total. The van der Waals surface area contributed by atoms with Crippen molar-refractivity contribution in [2.45, 2.75) is 19.1 Å². The second kappa shape index (κ2) is 7.97. The molecule has 0 aromatic carbocycles. The summed E-state index contributed by atoms with van der Waals surface area (Å²) in [5.74, 6) is -0.349. The van der Waals surface area contributed by atoms with Gasteiger partial charge in [-0.3, -0.25) is 9.78 Å². The molecule has 0 spiro atoms. The topological polar surface area (TPSA) is 148 Å². The average Bonchev–Trinajstić information content (AvgIpc) is 3.41. The maximum atomic E-state index is 12.4. The van der Waals surface area contributed by atoms with Gasteiger partial charge >= 0.3 is 6.18 Å². The SMILES string of the molecule is C[C@H](Nc1cc(-c2nn[nH]n2)cc(-c2c[n-]c3ncncc23)n1)C(=O)NCC(F)(F)F. The third kappa shape index (κ3) is 4.57. The molecule has 0 bridgehead atoms. The molecule has 0 aliphatic rings. The number of tetrazole rings is 1. The van der Waals surface area contributed by atoms with Gasteiger partial charge in [-0.05, 0) is 29.9 Å². The lowest BCUT2D eigenvalue weighted by Crippen LogP contribution is -2.42. The van der Waals surface area contributed by atoms with Crippen LogP contribution in [0.3, 0.4) is 0 Å². The van der Waals surface area contributed by atoms with E-state index >= 15 is 0 Å². The summed E-state index contributed by atoms with van der Waals surface area (Å²) in [6.07, 6.45) is 0.0301. The van der Waals surface area contributed by atoms with E-state index in [1.54, 1.807) is 24.5 Å². The van der Waals surface area contributed by atoms with Crippen LogP contribution in [0.25, 0.3) is 33.7 Å². The first-order chi connectivity index (χ1) is 14.8. The van der Waals surface area contributed by atoms with Crippen LogP contribution < -0.4 is 15.6 Å². The molecule has 0 aliphatic heterocycles. The predicted octanol–water partition coefficient (Wildman–Crippen LogP) is 1.31. The number of halogens is 3. The van der Waals surface area contributed by atoms with Crippen LogP contribution in [-0.2, 0) is 4.79 Å². The molecule has 31 heavy (non-hydrogen) atoms. The first kappa shape index (κ1) is 20.2. The van der Waals surface area contributed by atoms with Crippen LogP contribution in [0, 0.1) is 0 Å². The Morgan fingerprint density at radius 3 is 2.90 bits per heavy atom. The number of aromatic nitrogens is 8. The number of rotatable bonds is 6. The van der Waals surface area contributed by atoms with Crippen LogP contribution in [0.4, 0.5) is 19.0 Å². The van der Waals surface area contributed by atoms with Gasteiger partial charge in [0.25, 0.3) is 0 Å². The molecule has 0 saturated carbocycles. The molecule has 4 rings (SSSR count). The monoisotopic (exact) mass is 431 g/mol. The van der Waals surface area contributed by atoms with Gasteiger partial charge in [0.1, 0.15) is 18.4 Å². The van der Waals surface area contributed by atoms with Crippen LogP contribution in [0.15, 0.2) is 30.9 Å². The summed E-state index contributed by atoms with van der Waals surface area (Å²) in [6.45, 7) is -0.00794. The van der Waals surface area contributed by atoms with Gasteiger partial charge in [0, 0.05) is 29.0 Å². The Balaban J connectivity index is 1.67. The van der Waals surface area contributed by atoms with E-state index in [1.165, 1.54) is 13.3 Å². The lowest BCUT2D eigenvalue weighted by atomic mass is 10.1. The van der Waals surface area contributed by atoms with Crippen molar-refractivity contribution in [2.75, 3.05) is 11.9 Å². The van der Waals surface area contributed by atoms with E-state index in [4.69, 9.17) is 0 Å². The summed E-state index contributed by atoms with van der Waals surface area (Å²) in [7, 11) is 0. The van der Waals surface area contributed by atoms with E-state index in [2.05, 4.69) is 45.9 Å². The minimum atomic E-state index is -4.51. The molecule has 4 heterocycles. The minimum absolute atomic E-state index is 0.221. The Morgan fingerprint density at radius 1 is 1.32 bits per heavy atom. The molecular weight excluding hydrogens is 417 g/mol. The zero-order valence-corrected chi connectivity index (χ0v) is 15.8. The number of nitrogens with zero attached hydrogens (tertiary/aromatic N) is 7. The lowest BCUT2D eigenvalue weighted by Gasteiger charge is -2.16. The number of pyridine rings is 1. The maximum absolute atomic E-state index is 12.4. The Hall–Kier alpha value is -4.10. The molecule has 1 amide bonds. The molecule has 4 aromatic rings. The van der Waals surface area contributed by atoms with Gasteiger partial charge in [0.2, 0.25) is 11.7 Å². The molecule has 4 aromatic heterocycles. The maximum Gasteiger partial charge on any atom is 0.405 e. The van der Waals surface area contributed by atoms with E-state index in [9.17, 15) is 18.0 Å². The Bertz CT molecular complexity index is 1200. The van der Waals surface area contributed by atoms with Crippen molar-refractivity contribution in [3.63, 3.8) is 0 Å². The fraction of sp³-hybridized carbons (Fsp3) is 0.235. The summed E-state index contributed by atoms with van der Waals surface area (Å²) < 4.78 is 37.1. The smallest absolute Gasteiger partial charge is 0.405 e. The summed E-state index contributed by atoms with van der Waals surface area (Å²) in [6, 6.07) is 2.24. The van der Waals surface area contributed by atoms with Crippen LogP contribution in [0.5, 0.6) is 0 Å². The number of aromatic amines is 1. The molecule has 0 radical (unpaired) electrons. The number of alkyl halides is 3. The fourth-order valence-electron chi connectivity index (χ4n) is 2.80. The number of hydrogen-bond donors (Lipinski definition) is 3. The molecule has 1 atom stereocenters. The number of amides is 1. The van der Waals surface area contributed by atoms with Gasteiger partial charge in [-0.1, -0.05) is 6.20 Å². The Morgan fingerprint density at radius 2 is 2.16 bits per heavy atom. The third-order valence-electron chi connectivity index (χ3n) is 4.22. The van der Waals surface area contributed by atoms with Crippen LogP contribution in [0.2, 0.25) is 0 Å². The average molecular weight is 431 g/mol. The summed E-state index contributed by atoms with van der Waals surface area (Å²) >= 11 is 0. The van der Waals surface area contributed by atoms with Crippen molar-refractivity contribution in [1.29, 1.82) is 0 Å². The summed E-state index contributed by atoms with van der Waals surface area (Å²) in [4.78, 5) is 28.8. The van der Waals surface area contributed by atoms with Crippen molar-refractivity contribution in [3.8, 4) is 22.6 Å². The Kier molecular flexibility index (Phi) is 5.19. The highest BCUT2D eigenvalue weighted by molar-refractivity contribution is 5.93. The molecule has 0 aliphatic carbocycles. The van der Waals surface area contributed by atoms with E-state index in [0.717, 1.165) is 0 Å². The van der Waals surface area contributed by atoms with E-state index in [-0.39, 0.29) is 11.6 Å². The quantitative estimate of drug-likeness (QED) is 0.411. The molecular formula is C17H14F3N10O-. The number of carbonyl (C=O) groups is 1. The molecule has 0 saturated heterocycles. The first-order valence-electron chi connectivity index (χ1n) is 8.89. The van der Waals surface area contributed by atoms with E-state index in [0.29, 0.717) is 27.9 Å². The van der Waals surface area contributed by atoms with Crippen molar-refractivity contribution in [2.24, 2.45) is 0 Å². The summed E-state index contributed by atoms with van der Waals surface area (Å²) in [5, 5.41) is 19.0. The van der Waals surface area contributed by atoms with Gasteiger partial charge in [-0.25, -0.2) is 4.98 Å². The normalized spacial score (nSPS) is 12.6. The van der Waals surface area contributed by atoms with Crippen molar-refractivity contribution >= 4 is 22.8 Å². The van der Waals surface area contributed by atoms with E-state index < -0.39 is 24.7 Å². The van der Waals surface area contributed by atoms with Gasteiger partial charge in [0.15, 0.2) is 0 Å². The second-order valence-electron chi connectivity index (χ2n) is 6.49. The fourth-order valence-corrected chi connectivity index (χ4v) is 2.80. The highest BCUT2D eigenvalue weighted by Gasteiger charge is 2.28. The van der Waals surface area contributed by atoms with Gasteiger partial charge in [-0.2, -0.15) is 18.4 Å². The Labute approximate surface area is 171 Å². The van der Waals surface area contributed by atoms with Crippen LogP contribution in [-0.4, -0.2) is 60.2 Å². The first-order valence-corrected chi connectivity index (χ1v) is 8.89. The van der Waals surface area contributed by atoms with Gasteiger partial charge in [-0.15, -0.1) is 10.2 Å².